The fourth-order valence-electron chi connectivity index (χ4n) is 3.91. The van der Waals surface area contributed by atoms with Gasteiger partial charge in [-0.15, -0.1) is 0 Å². The van der Waals surface area contributed by atoms with Gasteiger partial charge in [0.1, 0.15) is 0 Å². The number of ketones is 1. The van der Waals surface area contributed by atoms with Gasteiger partial charge in [0.25, 0.3) is 0 Å². The Morgan fingerprint density at radius 3 is 2.46 bits per heavy atom. The van der Waals surface area contributed by atoms with E-state index in [1.54, 1.807) is 17.0 Å². The Morgan fingerprint density at radius 1 is 1.00 bits per heavy atom. The molecule has 1 amide bonds. The minimum Gasteiger partial charge on any atom is -0.294 e. The quantitative estimate of drug-likeness (QED) is 0.619. The molecule has 5 heteroatoms. The van der Waals surface area contributed by atoms with Crippen LogP contribution in [0.15, 0.2) is 64.3 Å². The Labute approximate surface area is 165 Å². The van der Waals surface area contributed by atoms with E-state index in [-0.39, 0.29) is 24.0 Å². The number of hydrogen-bond acceptors (Lipinski definition) is 2. The molecule has 0 bridgehead atoms. The van der Waals surface area contributed by atoms with Crippen LogP contribution < -0.4 is 4.90 Å². The lowest BCUT2D eigenvalue weighted by Crippen LogP contribution is -2.40. The Hall–Kier alpha value is -1.91. The number of nitrogens with zero attached hydrogens (tertiary/aromatic N) is 1. The number of allylic oxidation sites excluding steroid dienone is 2. The summed E-state index contributed by atoms with van der Waals surface area (Å²) >= 11 is 9.58. The normalized spacial score (nSPS) is 20.4. The average Bonchev–Trinajstić information content (AvgIpc) is 2.63. The smallest absolute Gasteiger partial charge is 0.232 e. The van der Waals surface area contributed by atoms with E-state index in [1.165, 1.54) is 0 Å². The summed E-state index contributed by atoms with van der Waals surface area (Å²) in [5.74, 6) is -0.0237. The first-order chi connectivity index (χ1) is 12.6. The van der Waals surface area contributed by atoms with Crippen LogP contribution in [0, 0.1) is 0 Å². The summed E-state index contributed by atoms with van der Waals surface area (Å²) in [5, 5.41) is 0.623. The largest absolute Gasteiger partial charge is 0.294 e. The van der Waals surface area contributed by atoms with Gasteiger partial charge < -0.3 is 0 Å². The maximum Gasteiger partial charge on any atom is 0.232 e. The van der Waals surface area contributed by atoms with Crippen LogP contribution in [-0.2, 0) is 9.59 Å². The van der Waals surface area contributed by atoms with E-state index in [0.717, 1.165) is 39.8 Å². The third-order valence-corrected chi connectivity index (χ3v) is 6.01. The molecule has 1 atom stereocenters. The molecule has 26 heavy (non-hydrogen) atoms. The van der Waals surface area contributed by atoms with Crippen LogP contribution in [0.4, 0.5) is 5.69 Å². The molecule has 0 radical (unpaired) electrons. The fraction of sp³-hybridized carbons (Fsp3) is 0.238. The molecule has 1 heterocycles. The Kier molecular flexibility index (Phi) is 4.72. The third-order valence-electron chi connectivity index (χ3n) is 5.04. The third kappa shape index (κ3) is 3.01. The summed E-state index contributed by atoms with van der Waals surface area (Å²) in [7, 11) is 0. The van der Waals surface area contributed by atoms with E-state index in [1.807, 2.05) is 36.4 Å². The van der Waals surface area contributed by atoms with Gasteiger partial charge in [-0.2, -0.15) is 0 Å². The first-order valence-corrected chi connectivity index (χ1v) is 9.82. The van der Waals surface area contributed by atoms with Crippen molar-refractivity contribution in [2.45, 2.75) is 31.6 Å². The summed E-state index contributed by atoms with van der Waals surface area (Å²) in [5.41, 5.74) is 3.41. The van der Waals surface area contributed by atoms with Crippen LogP contribution in [0.3, 0.4) is 0 Å². The molecule has 1 aliphatic heterocycles. The number of hydrogen-bond donors (Lipinski definition) is 0. The van der Waals surface area contributed by atoms with Crippen LogP contribution in [0.25, 0.3) is 0 Å². The highest BCUT2D eigenvalue weighted by atomic mass is 79.9. The molecule has 0 fully saturated rings. The molecule has 0 spiro atoms. The van der Waals surface area contributed by atoms with E-state index in [2.05, 4.69) is 15.9 Å². The first kappa shape index (κ1) is 17.5. The molecule has 0 aromatic heterocycles. The van der Waals surface area contributed by atoms with Crippen molar-refractivity contribution in [2.75, 3.05) is 4.90 Å². The first-order valence-electron chi connectivity index (χ1n) is 8.65. The van der Waals surface area contributed by atoms with Crippen molar-refractivity contribution in [1.82, 2.24) is 0 Å². The lowest BCUT2D eigenvalue weighted by molar-refractivity contribution is -0.119. The topological polar surface area (TPSA) is 37.4 Å². The molecule has 2 aliphatic rings. The van der Waals surface area contributed by atoms with Crippen LogP contribution in [0.1, 0.15) is 37.2 Å². The number of anilines is 1. The van der Waals surface area contributed by atoms with Gasteiger partial charge in [-0.1, -0.05) is 45.7 Å². The van der Waals surface area contributed by atoms with Gasteiger partial charge in [0.15, 0.2) is 5.78 Å². The maximum atomic E-state index is 13.1. The minimum atomic E-state index is -0.190. The van der Waals surface area contributed by atoms with Crippen molar-refractivity contribution >= 4 is 44.9 Å². The van der Waals surface area contributed by atoms with Gasteiger partial charge in [-0.25, -0.2) is 0 Å². The van der Waals surface area contributed by atoms with Crippen molar-refractivity contribution in [2.24, 2.45) is 0 Å². The molecular formula is C21H17BrClNO2. The van der Waals surface area contributed by atoms with E-state index >= 15 is 0 Å². The van der Waals surface area contributed by atoms with Gasteiger partial charge in [0.05, 0.1) is 0 Å². The molecule has 132 valence electrons. The second kappa shape index (κ2) is 7.01. The van der Waals surface area contributed by atoms with Crippen LogP contribution in [-0.4, -0.2) is 11.7 Å². The minimum absolute atomic E-state index is 0.0153. The number of amides is 1. The number of rotatable bonds is 2. The summed E-state index contributed by atoms with van der Waals surface area (Å²) in [4.78, 5) is 27.6. The SMILES string of the molecule is O=C1CCCC2=C1C(c1ccccc1Br)CC(=O)N2c1ccc(Cl)cc1. The highest BCUT2D eigenvalue weighted by Crippen LogP contribution is 2.44. The molecule has 2 aromatic rings. The second-order valence-electron chi connectivity index (χ2n) is 6.62. The number of carbonyl (C=O) groups excluding carboxylic acids is 2. The summed E-state index contributed by atoms with van der Waals surface area (Å²) < 4.78 is 0.933. The van der Waals surface area contributed by atoms with Crippen LogP contribution in [0.2, 0.25) is 5.02 Å². The Morgan fingerprint density at radius 2 is 1.73 bits per heavy atom. The number of halogens is 2. The summed E-state index contributed by atoms with van der Waals surface area (Å²) in [6, 6.07) is 15.1. The molecule has 3 nitrogen and oxygen atoms in total. The molecule has 2 aromatic carbocycles. The Balaban J connectivity index is 1.87. The number of carbonyl (C=O) groups is 2. The van der Waals surface area contributed by atoms with E-state index in [4.69, 9.17) is 11.6 Å². The zero-order valence-corrected chi connectivity index (χ0v) is 16.4. The van der Waals surface area contributed by atoms with Crippen LogP contribution >= 0.6 is 27.5 Å². The van der Waals surface area contributed by atoms with E-state index < -0.39 is 0 Å². The van der Waals surface area contributed by atoms with Gasteiger partial charge in [-0.05, 0) is 48.7 Å². The van der Waals surface area contributed by atoms with Gasteiger partial charge in [-0.3, -0.25) is 14.5 Å². The molecule has 0 N–H and O–H groups in total. The molecular weight excluding hydrogens is 414 g/mol. The molecule has 1 unspecified atom stereocenters. The van der Waals surface area contributed by atoms with E-state index in [0.29, 0.717) is 11.4 Å². The van der Waals surface area contributed by atoms with Gasteiger partial charge in [0.2, 0.25) is 5.91 Å². The van der Waals surface area contributed by atoms with E-state index in [9.17, 15) is 9.59 Å². The lowest BCUT2D eigenvalue weighted by atomic mass is 9.77. The van der Waals surface area contributed by atoms with Crippen molar-refractivity contribution in [1.29, 1.82) is 0 Å². The van der Waals surface area contributed by atoms with Crippen molar-refractivity contribution in [3.8, 4) is 0 Å². The van der Waals surface area contributed by atoms with Crippen molar-refractivity contribution < 1.29 is 9.59 Å². The monoisotopic (exact) mass is 429 g/mol. The Bertz CT molecular complexity index is 920. The zero-order valence-electron chi connectivity index (χ0n) is 14.0. The highest BCUT2D eigenvalue weighted by Gasteiger charge is 2.40. The highest BCUT2D eigenvalue weighted by molar-refractivity contribution is 9.10. The molecule has 0 saturated carbocycles. The molecule has 4 rings (SSSR count). The summed E-state index contributed by atoms with van der Waals surface area (Å²) in [6.07, 6.45) is 2.34. The number of Topliss-reactive ketones (excluding diaryl/α,β-unsaturated/α-hetero) is 1. The summed E-state index contributed by atoms with van der Waals surface area (Å²) in [6.45, 7) is 0. The lowest BCUT2D eigenvalue weighted by Gasteiger charge is -2.38. The predicted octanol–water partition coefficient (Wildman–Crippen LogP) is 5.63. The standard InChI is InChI=1S/C21H17BrClNO2/c22-17-5-2-1-4-15(17)16-12-20(26)24(14-10-8-13(23)9-11-14)18-6-3-7-19(25)21(16)18/h1-2,4-5,8-11,16H,3,6-7,12H2. The van der Waals surface area contributed by atoms with Crippen LogP contribution in [0.5, 0.6) is 0 Å². The predicted molar refractivity (Wildman–Crippen MR) is 106 cm³/mol. The molecule has 1 aliphatic carbocycles. The maximum absolute atomic E-state index is 13.1. The van der Waals surface area contributed by atoms with Gasteiger partial charge in [0, 0.05) is 45.2 Å². The average molecular weight is 431 g/mol. The van der Waals surface area contributed by atoms with Gasteiger partial charge >= 0.3 is 0 Å². The van der Waals surface area contributed by atoms with Crippen molar-refractivity contribution in [3.63, 3.8) is 0 Å². The van der Waals surface area contributed by atoms with Crippen molar-refractivity contribution in [3.05, 3.63) is 74.9 Å². The molecule has 0 saturated heterocycles. The number of benzene rings is 2. The fourth-order valence-corrected chi connectivity index (χ4v) is 4.59. The second-order valence-corrected chi connectivity index (χ2v) is 7.91. The zero-order chi connectivity index (χ0) is 18.3.